The third-order valence-corrected chi connectivity index (χ3v) is 3.26. The largest absolute Gasteiger partial charge is 0.357 e. The molecule has 1 fully saturated rings. The molecule has 0 amide bonds. The molecule has 2 heterocycles. The Morgan fingerprint density at radius 2 is 2.19 bits per heavy atom. The van der Waals surface area contributed by atoms with Gasteiger partial charge in [-0.1, -0.05) is 18.5 Å². The molecule has 1 N–H and O–H groups in total. The Bertz CT molecular complexity index is 348. The van der Waals surface area contributed by atoms with Crippen LogP contribution >= 0.6 is 11.6 Å². The fraction of sp³-hybridized carbons (Fsp3) is 0.583. The average Bonchev–Trinajstić information content (AvgIpc) is 2.81. The standard InChI is InChI=1S/C12H18ClN3/c1-2-14-8-10-7-12(15-9-11(10)13)16-5-3-4-6-16/h7,9,14H,2-6,8H2,1H3. The molecule has 0 aliphatic carbocycles. The first-order chi connectivity index (χ1) is 7.81. The SMILES string of the molecule is CCNCc1cc(N2CCCC2)ncc1Cl. The minimum Gasteiger partial charge on any atom is -0.357 e. The summed E-state index contributed by atoms with van der Waals surface area (Å²) in [7, 11) is 0. The molecule has 0 unspecified atom stereocenters. The summed E-state index contributed by atoms with van der Waals surface area (Å²) in [5, 5.41) is 4.05. The third-order valence-electron chi connectivity index (χ3n) is 2.92. The number of aromatic nitrogens is 1. The zero-order valence-electron chi connectivity index (χ0n) is 9.67. The third kappa shape index (κ3) is 2.66. The lowest BCUT2D eigenvalue weighted by Crippen LogP contribution is -2.20. The predicted molar refractivity (Wildman–Crippen MR) is 68.1 cm³/mol. The Hall–Kier alpha value is -0.800. The van der Waals surface area contributed by atoms with Gasteiger partial charge in [0.25, 0.3) is 0 Å². The number of halogens is 1. The topological polar surface area (TPSA) is 28.2 Å². The fourth-order valence-corrected chi connectivity index (χ4v) is 2.15. The zero-order valence-corrected chi connectivity index (χ0v) is 10.4. The van der Waals surface area contributed by atoms with Crippen molar-refractivity contribution in [2.24, 2.45) is 0 Å². The maximum Gasteiger partial charge on any atom is 0.128 e. The normalized spacial score (nSPS) is 15.8. The van der Waals surface area contributed by atoms with Gasteiger partial charge in [-0.15, -0.1) is 0 Å². The van der Waals surface area contributed by atoms with Gasteiger partial charge in [-0.25, -0.2) is 4.98 Å². The second-order valence-electron chi connectivity index (χ2n) is 4.11. The van der Waals surface area contributed by atoms with Crippen molar-refractivity contribution in [2.75, 3.05) is 24.5 Å². The Kier molecular flexibility index (Phi) is 4.02. The number of anilines is 1. The van der Waals surface area contributed by atoms with Gasteiger partial charge in [0.05, 0.1) is 5.02 Å². The van der Waals surface area contributed by atoms with E-state index in [4.69, 9.17) is 11.6 Å². The first-order valence-corrected chi connectivity index (χ1v) is 6.29. The molecule has 1 saturated heterocycles. The molecule has 0 aromatic carbocycles. The van der Waals surface area contributed by atoms with E-state index in [0.717, 1.165) is 42.6 Å². The summed E-state index contributed by atoms with van der Waals surface area (Å²) >= 11 is 6.12. The van der Waals surface area contributed by atoms with Crippen molar-refractivity contribution in [2.45, 2.75) is 26.3 Å². The van der Waals surface area contributed by atoms with Crippen molar-refractivity contribution in [3.05, 3.63) is 22.8 Å². The second-order valence-corrected chi connectivity index (χ2v) is 4.52. The molecule has 4 heteroatoms. The summed E-state index contributed by atoms with van der Waals surface area (Å²) in [6.45, 7) is 6.11. The molecule has 0 atom stereocenters. The van der Waals surface area contributed by atoms with E-state index in [1.54, 1.807) is 6.20 Å². The van der Waals surface area contributed by atoms with E-state index in [-0.39, 0.29) is 0 Å². The monoisotopic (exact) mass is 239 g/mol. The van der Waals surface area contributed by atoms with Crippen LogP contribution in [0.25, 0.3) is 0 Å². The minimum atomic E-state index is 0.754. The predicted octanol–water partition coefficient (Wildman–Crippen LogP) is 2.44. The lowest BCUT2D eigenvalue weighted by molar-refractivity contribution is 0.725. The molecule has 16 heavy (non-hydrogen) atoms. The Morgan fingerprint density at radius 3 is 2.88 bits per heavy atom. The van der Waals surface area contributed by atoms with Gasteiger partial charge in [-0.2, -0.15) is 0 Å². The smallest absolute Gasteiger partial charge is 0.128 e. The van der Waals surface area contributed by atoms with Gasteiger partial charge in [0.2, 0.25) is 0 Å². The van der Waals surface area contributed by atoms with Crippen LogP contribution in [-0.4, -0.2) is 24.6 Å². The van der Waals surface area contributed by atoms with Gasteiger partial charge in [-0.3, -0.25) is 0 Å². The van der Waals surface area contributed by atoms with E-state index in [9.17, 15) is 0 Å². The minimum absolute atomic E-state index is 0.754. The van der Waals surface area contributed by atoms with Gasteiger partial charge >= 0.3 is 0 Å². The highest BCUT2D eigenvalue weighted by molar-refractivity contribution is 6.31. The molecular weight excluding hydrogens is 222 g/mol. The van der Waals surface area contributed by atoms with Crippen LogP contribution in [0.5, 0.6) is 0 Å². The highest BCUT2D eigenvalue weighted by Crippen LogP contribution is 2.23. The number of hydrogen-bond donors (Lipinski definition) is 1. The number of rotatable bonds is 4. The number of pyridine rings is 1. The zero-order chi connectivity index (χ0) is 11.4. The first-order valence-electron chi connectivity index (χ1n) is 5.91. The summed E-state index contributed by atoms with van der Waals surface area (Å²) in [6.07, 6.45) is 4.31. The van der Waals surface area contributed by atoms with Gasteiger partial charge in [0.15, 0.2) is 0 Å². The van der Waals surface area contributed by atoms with Crippen molar-refractivity contribution in [1.29, 1.82) is 0 Å². The Morgan fingerprint density at radius 1 is 1.44 bits per heavy atom. The van der Waals surface area contributed by atoms with Crippen molar-refractivity contribution in [3.63, 3.8) is 0 Å². The van der Waals surface area contributed by atoms with E-state index < -0.39 is 0 Å². The lowest BCUT2D eigenvalue weighted by Gasteiger charge is -2.17. The van der Waals surface area contributed by atoms with Gasteiger partial charge in [0, 0.05) is 25.8 Å². The molecule has 0 radical (unpaired) electrons. The number of nitrogens with zero attached hydrogens (tertiary/aromatic N) is 2. The molecule has 1 aromatic heterocycles. The van der Waals surface area contributed by atoms with Crippen LogP contribution in [0, 0.1) is 0 Å². The molecule has 3 nitrogen and oxygen atoms in total. The molecule has 0 spiro atoms. The van der Waals surface area contributed by atoms with Crippen LogP contribution in [-0.2, 0) is 6.54 Å². The average molecular weight is 240 g/mol. The van der Waals surface area contributed by atoms with Crippen molar-refractivity contribution in [3.8, 4) is 0 Å². The van der Waals surface area contributed by atoms with E-state index >= 15 is 0 Å². The molecular formula is C12H18ClN3. The number of hydrogen-bond acceptors (Lipinski definition) is 3. The molecule has 1 aliphatic rings. The fourth-order valence-electron chi connectivity index (χ4n) is 1.98. The first kappa shape index (κ1) is 11.7. The van der Waals surface area contributed by atoms with Gasteiger partial charge < -0.3 is 10.2 Å². The van der Waals surface area contributed by atoms with Crippen LogP contribution in [0.2, 0.25) is 5.02 Å². The summed E-state index contributed by atoms with van der Waals surface area (Å²) < 4.78 is 0. The number of nitrogens with one attached hydrogen (secondary N) is 1. The molecule has 1 aromatic rings. The van der Waals surface area contributed by atoms with Crippen molar-refractivity contribution >= 4 is 17.4 Å². The van der Waals surface area contributed by atoms with Crippen LogP contribution in [0.4, 0.5) is 5.82 Å². The maximum atomic E-state index is 6.12. The van der Waals surface area contributed by atoms with Crippen molar-refractivity contribution in [1.82, 2.24) is 10.3 Å². The maximum absolute atomic E-state index is 6.12. The molecule has 0 saturated carbocycles. The lowest BCUT2D eigenvalue weighted by atomic mass is 10.2. The van der Waals surface area contributed by atoms with Crippen LogP contribution in [0.15, 0.2) is 12.3 Å². The summed E-state index contributed by atoms with van der Waals surface area (Å²) in [5.41, 5.74) is 1.14. The second kappa shape index (κ2) is 5.51. The Balaban J connectivity index is 2.13. The van der Waals surface area contributed by atoms with Crippen LogP contribution in [0.1, 0.15) is 25.3 Å². The molecule has 0 bridgehead atoms. The van der Waals surface area contributed by atoms with E-state index in [0.29, 0.717) is 0 Å². The highest BCUT2D eigenvalue weighted by atomic mass is 35.5. The van der Waals surface area contributed by atoms with E-state index in [1.165, 1.54) is 12.8 Å². The highest BCUT2D eigenvalue weighted by Gasteiger charge is 2.14. The van der Waals surface area contributed by atoms with Crippen molar-refractivity contribution < 1.29 is 0 Å². The summed E-state index contributed by atoms with van der Waals surface area (Å²) in [5.74, 6) is 1.06. The van der Waals surface area contributed by atoms with Gasteiger partial charge in [-0.05, 0) is 31.0 Å². The van der Waals surface area contributed by atoms with Gasteiger partial charge in [0.1, 0.15) is 5.82 Å². The van der Waals surface area contributed by atoms with Crippen LogP contribution in [0.3, 0.4) is 0 Å². The molecule has 2 rings (SSSR count). The van der Waals surface area contributed by atoms with Crippen LogP contribution < -0.4 is 10.2 Å². The molecule has 88 valence electrons. The quantitative estimate of drug-likeness (QED) is 0.875. The summed E-state index contributed by atoms with van der Waals surface area (Å²) in [4.78, 5) is 6.72. The Labute approximate surface area is 102 Å². The van der Waals surface area contributed by atoms with E-state index in [1.807, 2.05) is 0 Å². The van der Waals surface area contributed by atoms with E-state index in [2.05, 4.69) is 28.2 Å². The summed E-state index contributed by atoms with van der Waals surface area (Å²) in [6, 6.07) is 2.11. The molecule has 1 aliphatic heterocycles.